The normalized spacial score (nSPS) is 17.7. The van der Waals surface area contributed by atoms with E-state index < -0.39 is 0 Å². The van der Waals surface area contributed by atoms with E-state index in [0.717, 1.165) is 48.1 Å². The molecule has 1 saturated heterocycles. The monoisotopic (exact) mass is 416 g/mol. The Bertz CT molecular complexity index is 1030. The molecule has 1 aliphatic heterocycles. The van der Waals surface area contributed by atoms with Gasteiger partial charge in [-0.05, 0) is 48.6 Å². The Morgan fingerprint density at radius 1 is 0.839 bits per heavy atom. The van der Waals surface area contributed by atoms with Gasteiger partial charge in [-0.1, -0.05) is 42.8 Å². The third-order valence-corrected chi connectivity index (χ3v) is 6.38. The summed E-state index contributed by atoms with van der Waals surface area (Å²) < 4.78 is 5.99. The average molecular weight is 417 g/mol. The highest BCUT2D eigenvalue weighted by Crippen LogP contribution is 2.24. The molecule has 2 heterocycles. The molecule has 1 aromatic heterocycles. The highest BCUT2D eigenvalue weighted by molar-refractivity contribution is 6.07. The molecule has 31 heavy (non-hydrogen) atoms. The van der Waals surface area contributed by atoms with Gasteiger partial charge in [0.25, 0.3) is 5.91 Å². The smallest absolute Gasteiger partial charge is 0.254 e. The molecular weight excluding hydrogens is 388 g/mol. The molecule has 6 nitrogen and oxygen atoms in total. The van der Waals surface area contributed by atoms with Crippen LogP contribution in [0.5, 0.6) is 5.88 Å². The van der Waals surface area contributed by atoms with Gasteiger partial charge in [0.05, 0.1) is 0 Å². The van der Waals surface area contributed by atoms with Crippen molar-refractivity contribution in [2.45, 2.75) is 38.2 Å². The lowest BCUT2D eigenvalue weighted by Gasteiger charge is -2.35. The van der Waals surface area contributed by atoms with Crippen molar-refractivity contribution in [3.05, 3.63) is 60.2 Å². The Morgan fingerprint density at radius 2 is 1.61 bits per heavy atom. The number of carbonyl (C=O) groups is 1. The molecule has 5 rings (SSSR count). The second kappa shape index (κ2) is 8.92. The summed E-state index contributed by atoms with van der Waals surface area (Å²) in [4.78, 5) is 17.3. The van der Waals surface area contributed by atoms with E-state index in [0.29, 0.717) is 19.0 Å². The Labute approximate surface area is 182 Å². The first-order valence-corrected chi connectivity index (χ1v) is 11.3. The summed E-state index contributed by atoms with van der Waals surface area (Å²) in [5, 5.41) is 10.8. The van der Waals surface area contributed by atoms with Crippen molar-refractivity contribution in [3.8, 4) is 5.88 Å². The molecule has 2 aliphatic rings. The van der Waals surface area contributed by atoms with Crippen molar-refractivity contribution < 1.29 is 9.53 Å². The topological polar surface area (TPSA) is 58.6 Å². The predicted molar refractivity (Wildman–Crippen MR) is 122 cm³/mol. The van der Waals surface area contributed by atoms with Crippen molar-refractivity contribution in [2.24, 2.45) is 0 Å². The molecule has 0 bridgehead atoms. The first-order chi connectivity index (χ1) is 15.3. The number of benzene rings is 2. The summed E-state index contributed by atoms with van der Waals surface area (Å²) in [5.41, 5.74) is 0.774. The fourth-order valence-electron chi connectivity index (χ4n) is 4.62. The lowest BCUT2D eigenvalue weighted by molar-refractivity contribution is 0.0748. The van der Waals surface area contributed by atoms with E-state index in [4.69, 9.17) is 4.74 Å². The Hall–Kier alpha value is -3.15. The van der Waals surface area contributed by atoms with Gasteiger partial charge in [0.15, 0.2) is 5.82 Å². The van der Waals surface area contributed by atoms with E-state index in [1.165, 1.54) is 19.3 Å². The molecule has 0 unspecified atom stereocenters. The summed E-state index contributed by atoms with van der Waals surface area (Å²) in [6.45, 7) is 2.83. The largest absolute Gasteiger partial charge is 0.473 e. The fraction of sp³-hybridized carbons (Fsp3) is 0.400. The van der Waals surface area contributed by atoms with E-state index in [-0.39, 0.29) is 12.0 Å². The van der Waals surface area contributed by atoms with Crippen molar-refractivity contribution >= 4 is 22.5 Å². The molecule has 2 aromatic carbocycles. The molecule has 1 amide bonds. The van der Waals surface area contributed by atoms with E-state index in [9.17, 15) is 4.79 Å². The number of ether oxygens (including phenoxy) is 1. The highest BCUT2D eigenvalue weighted by atomic mass is 16.5. The number of nitrogens with zero attached hydrogens (tertiary/aromatic N) is 4. The number of carbonyl (C=O) groups excluding carboxylic acids is 1. The van der Waals surface area contributed by atoms with Crippen LogP contribution < -0.4 is 9.64 Å². The molecule has 0 atom stereocenters. The summed E-state index contributed by atoms with van der Waals surface area (Å²) in [6.07, 6.45) is 6.26. The molecule has 2 fully saturated rings. The zero-order valence-corrected chi connectivity index (χ0v) is 17.7. The third-order valence-electron chi connectivity index (χ3n) is 6.38. The minimum atomic E-state index is 0.0961. The molecule has 160 valence electrons. The SMILES string of the molecule is O=C(c1cccc2ccccc12)N1CCN(c2ccc(OC3CCCCC3)nn2)CC1. The molecule has 1 aliphatic carbocycles. The summed E-state index contributed by atoms with van der Waals surface area (Å²) in [6, 6.07) is 17.9. The lowest BCUT2D eigenvalue weighted by atomic mass is 9.98. The van der Waals surface area contributed by atoms with Crippen LogP contribution >= 0.6 is 0 Å². The van der Waals surface area contributed by atoms with Crippen molar-refractivity contribution in [2.75, 3.05) is 31.1 Å². The van der Waals surface area contributed by atoms with Gasteiger partial charge < -0.3 is 14.5 Å². The number of anilines is 1. The van der Waals surface area contributed by atoms with Crippen LogP contribution in [-0.2, 0) is 0 Å². The maximum absolute atomic E-state index is 13.2. The first kappa shape index (κ1) is 19.8. The maximum Gasteiger partial charge on any atom is 0.254 e. The number of hydrogen-bond donors (Lipinski definition) is 0. The van der Waals surface area contributed by atoms with Crippen LogP contribution in [-0.4, -0.2) is 53.3 Å². The van der Waals surface area contributed by atoms with Crippen LogP contribution in [0.2, 0.25) is 0 Å². The molecule has 3 aromatic rings. The number of fused-ring (bicyclic) bond motifs is 1. The van der Waals surface area contributed by atoms with Gasteiger partial charge >= 0.3 is 0 Å². The van der Waals surface area contributed by atoms with E-state index in [2.05, 4.69) is 15.1 Å². The summed E-state index contributed by atoms with van der Waals surface area (Å²) in [7, 11) is 0. The average Bonchev–Trinajstić information content (AvgIpc) is 2.84. The summed E-state index contributed by atoms with van der Waals surface area (Å²) >= 11 is 0. The molecule has 0 radical (unpaired) electrons. The molecule has 0 N–H and O–H groups in total. The fourth-order valence-corrected chi connectivity index (χ4v) is 4.62. The first-order valence-electron chi connectivity index (χ1n) is 11.3. The van der Waals surface area contributed by atoms with Gasteiger partial charge in [0.1, 0.15) is 6.10 Å². The van der Waals surface area contributed by atoms with Gasteiger partial charge in [-0.25, -0.2) is 0 Å². The number of rotatable bonds is 4. The Balaban J connectivity index is 1.20. The van der Waals surface area contributed by atoms with Gasteiger partial charge in [-0.15, -0.1) is 10.2 Å². The van der Waals surface area contributed by atoms with Crippen LogP contribution in [0.4, 0.5) is 5.82 Å². The van der Waals surface area contributed by atoms with E-state index >= 15 is 0 Å². The third kappa shape index (κ3) is 4.33. The van der Waals surface area contributed by atoms with E-state index in [1.807, 2.05) is 59.5 Å². The van der Waals surface area contributed by atoms with Crippen molar-refractivity contribution in [1.29, 1.82) is 0 Å². The zero-order valence-electron chi connectivity index (χ0n) is 17.7. The van der Waals surface area contributed by atoms with Gasteiger partial charge in [0, 0.05) is 37.8 Å². The minimum Gasteiger partial charge on any atom is -0.473 e. The number of piperazine rings is 1. The Kier molecular flexibility index (Phi) is 5.69. The van der Waals surface area contributed by atoms with Crippen LogP contribution in [0.3, 0.4) is 0 Å². The molecule has 0 spiro atoms. The number of amides is 1. The van der Waals surface area contributed by atoms with E-state index in [1.54, 1.807) is 0 Å². The van der Waals surface area contributed by atoms with Gasteiger partial charge in [0.2, 0.25) is 5.88 Å². The van der Waals surface area contributed by atoms with Gasteiger partial charge in [-0.2, -0.15) is 0 Å². The Morgan fingerprint density at radius 3 is 2.39 bits per heavy atom. The molecule has 6 heteroatoms. The van der Waals surface area contributed by atoms with Crippen LogP contribution in [0, 0.1) is 0 Å². The highest BCUT2D eigenvalue weighted by Gasteiger charge is 2.24. The standard InChI is InChI=1S/C25H28N4O2/c30-25(22-12-6-8-19-7-4-5-11-21(19)22)29-17-15-28(16-18-29)23-13-14-24(27-26-23)31-20-9-2-1-3-10-20/h4-8,11-14,20H,1-3,9-10,15-18H2. The second-order valence-electron chi connectivity index (χ2n) is 8.41. The van der Waals surface area contributed by atoms with Crippen LogP contribution in [0.1, 0.15) is 42.5 Å². The molecular formula is C25H28N4O2. The lowest BCUT2D eigenvalue weighted by Crippen LogP contribution is -2.49. The van der Waals surface area contributed by atoms with Crippen LogP contribution in [0.15, 0.2) is 54.6 Å². The van der Waals surface area contributed by atoms with Gasteiger partial charge in [-0.3, -0.25) is 4.79 Å². The number of hydrogen-bond acceptors (Lipinski definition) is 5. The predicted octanol–water partition coefficient (Wildman–Crippen LogP) is 4.30. The summed E-state index contributed by atoms with van der Waals surface area (Å²) in [5.74, 6) is 1.55. The molecule has 1 saturated carbocycles. The van der Waals surface area contributed by atoms with Crippen LogP contribution in [0.25, 0.3) is 10.8 Å². The number of aromatic nitrogens is 2. The van der Waals surface area contributed by atoms with Crippen molar-refractivity contribution in [1.82, 2.24) is 15.1 Å². The second-order valence-corrected chi connectivity index (χ2v) is 8.41. The van der Waals surface area contributed by atoms with Crippen molar-refractivity contribution in [3.63, 3.8) is 0 Å². The zero-order chi connectivity index (χ0) is 21.0. The quantitative estimate of drug-likeness (QED) is 0.635. The minimum absolute atomic E-state index is 0.0961. The maximum atomic E-state index is 13.2.